The molecule has 1 aromatic carbocycles. The van der Waals surface area contributed by atoms with Crippen LogP contribution in [-0.2, 0) is 0 Å². The molecular weight excluding hydrogens is 246 g/mol. The van der Waals surface area contributed by atoms with Crippen molar-refractivity contribution in [1.82, 2.24) is 5.32 Å². The topological polar surface area (TPSA) is 21.3 Å². The van der Waals surface area contributed by atoms with Crippen LogP contribution in [0, 0.1) is 26.7 Å². The Balaban J connectivity index is 1.75. The Morgan fingerprint density at radius 2 is 1.70 bits per heavy atom. The van der Waals surface area contributed by atoms with Gasteiger partial charge >= 0.3 is 0 Å². The van der Waals surface area contributed by atoms with Gasteiger partial charge < -0.3 is 10.1 Å². The van der Waals surface area contributed by atoms with E-state index in [4.69, 9.17) is 4.74 Å². The van der Waals surface area contributed by atoms with Crippen LogP contribution in [0.2, 0.25) is 0 Å². The van der Waals surface area contributed by atoms with E-state index in [2.05, 4.69) is 45.1 Å². The van der Waals surface area contributed by atoms with E-state index in [-0.39, 0.29) is 0 Å². The second-order valence-corrected chi connectivity index (χ2v) is 6.41. The smallest absolute Gasteiger partial charge is 0.125 e. The molecule has 1 aromatic rings. The Morgan fingerprint density at radius 3 is 2.40 bits per heavy atom. The number of nitrogens with one attached hydrogen (secondary N) is 1. The minimum atomic E-state index is 0.703. The molecule has 1 saturated carbocycles. The summed E-state index contributed by atoms with van der Waals surface area (Å²) in [4.78, 5) is 0. The molecule has 112 valence electrons. The molecular formula is C18H29NO. The molecule has 2 rings (SSSR count). The molecule has 0 aromatic heterocycles. The van der Waals surface area contributed by atoms with Crippen LogP contribution >= 0.6 is 0 Å². The molecule has 2 heteroatoms. The first-order valence-corrected chi connectivity index (χ1v) is 8.01. The van der Waals surface area contributed by atoms with Gasteiger partial charge in [0.05, 0.1) is 0 Å². The first-order valence-electron chi connectivity index (χ1n) is 8.01. The summed E-state index contributed by atoms with van der Waals surface area (Å²) >= 11 is 0. The highest BCUT2D eigenvalue weighted by Crippen LogP contribution is 2.26. The lowest BCUT2D eigenvalue weighted by Crippen LogP contribution is -2.35. The summed E-state index contributed by atoms with van der Waals surface area (Å²) < 4.78 is 6.00. The predicted octanol–water partition coefficient (Wildman–Crippen LogP) is 4.16. The van der Waals surface area contributed by atoms with Gasteiger partial charge in [-0.25, -0.2) is 0 Å². The molecule has 2 nitrogen and oxygen atoms in total. The Morgan fingerprint density at radius 1 is 1.05 bits per heavy atom. The first-order chi connectivity index (χ1) is 9.58. The van der Waals surface area contributed by atoms with Gasteiger partial charge in [-0.2, -0.15) is 0 Å². The van der Waals surface area contributed by atoms with Gasteiger partial charge in [0, 0.05) is 12.6 Å². The van der Waals surface area contributed by atoms with Gasteiger partial charge in [0.2, 0.25) is 0 Å². The summed E-state index contributed by atoms with van der Waals surface area (Å²) in [6.45, 7) is 10.5. The average molecular weight is 275 g/mol. The summed E-state index contributed by atoms with van der Waals surface area (Å²) in [5, 5.41) is 3.64. The zero-order valence-electron chi connectivity index (χ0n) is 13.5. The molecule has 0 saturated heterocycles. The van der Waals surface area contributed by atoms with Gasteiger partial charge in [0.25, 0.3) is 0 Å². The number of aryl methyl sites for hydroxylation is 2. The standard InChI is InChI=1S/C18H29NO/c1-13-5-9-17(10-6-13)19-11-12-20-18-15(3)8-7-14(2)16(18)4/h7-8,13,17,19H,5-6,9-12H2,1-4H3. The number of rotatable bonds is 5. The highest BCUT2D eigenvalue weighted by Gasteiger charge is 2.17. The Labute approximate surface area is 123 Å². The molecule has 0 atom stereocenters. The second kappa shape index (κ2) is 7.12. The van der Waals surface area contributed by atoms with E-state index in [1.54, 1.807) is 0 Å². The van der Waals surface area contributed by atoms with Crippen molar-refractivity contribution in [3.8, 4) is 5.75 Å². The Hall–Kier alpha value is -1.02. The summed E-state index contributed by atoms with van der Waals surface area (Å²) in [5.41, 5.74) is 3.82. The lowest BCUT2D eigenvalue weighted by molar-refractivity contribution is 0.268. The Bertz CT molecular complexity index is 433. The number of ether oxygens (including phenoxy) is 1. The number of hydrogen-bond donors (Lipinski definition) is 1. The molecule has 1 aliphatic rings. The second-order valence-electron chi connectivity index (χ2n) is 6.41. The predicted molar refractivity (Wildman–Crippen MR) is 85.6 cm³/mol. The highest BCUT2D eigenvalue weighted by atomic mass is 16.5. The zero-order valence-corrected chi connectivity index (χ0v) is 13.5. The van der Waals surface area contributed by atoms with Crippen LogP contribution < -0.4 is 10.1 Å². The molecule has 0 aliphatic heterocycles. The van der Waals surface area contributed by atoms with Crippen LogP contribution in [0.25, 0.3) is 0 Å². The van der Waals surface area contributed by atoms with E-state index < -0.39 is 0 Å². The highest BCUT2D eigenvalue weighted by molar-refractivity contribution is 5.44. The zero-order chi connectivity index (χ0) is 14.5. The summed E-state index contributed by atoms with van der Waals surface area (Å²) in [7, 11) is 0. The van der Waals surface area contributed by atoms with Gasteiger partial charge in [-0.1, -0.05) is 19.1 Å². The molecule has 0 unspecified atom stereocenters. The van der Waals surface area contributed by atoms with Crippen molar-refractivity contribution in [2.24, 2.45) is 5.92 Å². The summed E-state index contributed by atoms with van der Waals surface area (Å²) in [5.74, 6) is 1.99. The van der Waals surface area contributed by atoms with Crippen LogP contribution in [0.1, 0.15) is 49.3 Å². The van der Waals surface area contributed by atoms with Gasteiger partial charge in [-0.05, 0) is 69.1 Å². The van der Waals surface area contributed by atoms with Gasteiger partial charge in [-0.3, -0.25) is 0 Å². The van der Waals surface area contributed by atoms with E-state index >= 15 is 0 Å². The van der Waals surface area contributed by atoms with Crippen molar-refractivity contribution in [3.05, 3.63) is 28.8 Å². The maximum Gasteiger partial charge on any atom is 0.125 e. The molecule has 0 amide bonds. The van der Waals surface area contributed by atoms with E-state index in [1.165, 1.54) is 42.4 Å². The lowest BCUT2D eigenvalue weighted by Gasteiger charge is -2.27. The third-order valence-electron chi connectivity index (χ3n) is 4.67. The Kier molecular flexibility index (Phi) is 5.47. The van der Waals surface area contributed by atoms with Crippen molar-refractivity contribution >= 4 is 0 Å². The first kappa shape index (κ1) is 15.4. The fraction of sp³-hybridized carbons (Fsp3) is 0.667. The number of hydrogen-bond acceptors (Lipinski definition) is 2. The van der Waals surface area contributed by atoms with E-state index in [0.717, 1.165) is 24.8 Å². The quantitative estimate of drug-likeness (QED) is 0.815. The molecule has 1 N–H and O–H groups in total. The van der Waals surface area contributed by atoms with Crippen LogP contribution in [0.5, 0.6) is 5.75 Å². The normalized spacial score (nSPS) is 22.8. The fourth-order valence-corrected chi connectivity index (χ4v) is 3.03. The molecule has 1 fully saturated rings. The minimum Gasteiger partial charge on any atom is -0.492 e. The third-order valence-corrected chi connectivity index (χ3v) is 4.67. The van der Waals surface area contributed by atoms with Gasteiger partial charge in [0.15, 0.2) is 0 Å². The van der Waals surface area contributed by atoms with Crippen molar-refractivity contribution in [2.75, 3.05) is 13.2 Å². The fourth-order valence-electron chi connectivity index (χ4n) is 3.03. The maximum absolute atomic E-state index is 6.00. The van der Waals surface area contributed by atoms with Gasteiger partial charge in [-0.15, -0.1) is 0 Å². The van der Waals surface area contributed by atoms with Crippen LogP contribution in [-0.4, -0.2) is 19.2 Å². The largest absolute Gasteiger partial charge is 0.492 e. The molecule has 0 spiro atoms. The van der Waals surface area contributed by atoms with E-state index in [1.807, 2.05) is 0 Å². The molecule has 0 heterocycles. The van der Waals surface area contributed by atoms with E-state index in [0.29, 0.717) is 6.04 Å². The summed E-state index contributed by atoms with van der Waals surface area (Å²) in [6, 6.07) is 5.02. The molecule has 0 radical (unpaired) electrons. The maximum atomic E-state index is 6.00. The molecule has 20 heavy (non-hydrogen) atoms. The summed E-state index contributed by atoms with van der Waals surface area (Å²) in [6.07, 6.45) is 5.39. The van der Waals surface area contributed by atoms with Crippen molar-refractivity contribution in [3.63, 3.8) is 0 Å². The van der Waals surface area contributed by atoms with Crippen LogP contribution in [0.4, 0.5) is 0 Å². The van der Waals surface area contributed by atoms with Crippen molar-refractivity contribution in [2.45, 2.75) is 59.4 Å². The van der Waals surface area contributed by atoms with Crippen LogP contribution in [0.15, 0.2) is 12.1 Å². The van der Waals surface area contributed by atoms with E-state index in [9.17, 15) is 0 Å². The average Bonchev–Trinajstić information content (AvgIpc) is 2.44. The monoisotopic (exact) mass is 275 g/mol. The lowest BCUT2D eigenvalue weighted by atomic mass is 9.87. The SMILES string of the molecule is Cc1ccc(C)c(OCCNC2CCC(C)CC2)c1C. The minimum absolute atomic E-state index is 0.703. The molecule has 0 bridgehead atoms. The van der Waals surface area contributed by atoms with Crippen molar-refractivity contribution < 1.29 is 4.74 Å². The van der Waals surface area contributed by atoms with Crippen LogP contribution in [0.3, 0.4) is 0 Å². The third kappa shape index (κ3) is 3.99. The number of benzene rings is 1. The van der Waals surface area contributed by atoms with Crippen molar-refractivity contribution in [1.29, 1.82) is 0 Å². The van der Waals surface area contributed by atoms with Gasteiger partial charge in [0.1, 0.15) is 12.4 Å². The molecule has 1 aliphatic carbocycles.